The molecule has 1 fully saturated rings. The molecule has 5 heterocycles. The summed E-state index contributed by atoms with van der Waals surface area (Å²) in [6.07, 6.45) is 7.97. The molecule has 3 aromatic heterocycles. The van der Waals surface area contributed by atoms with Gasteiger partial charge in [0, 0.05) is 41.8 Å². The number of fused-ring (bicyclic) bond motifs is 2. The highest BCUT2D eigenvalue weighted by Crippen LogP contribution is 2.37. The third kappa shape index (κ3) is 6.91. The largest absolute Gasteiger partial charge is 0.450 e. The molecule has 15 heteroatoms. The number of piperidine rings is 1. The van der Waals surface area contributed by atoms with E-state index in [0.29, 0.717) is 42.0 Å². The van der Waals surface area contributed by atoms with Gasteiger partial charge in [-0.2, -0.15) is 19.0 Å². The van der Waals surface area contributed by atoms with E-state index in [1.807, 2.05) is 24.3 Å². The van der Waals surface area contributed by atoms with Crippen LogP contribution in [-0.2, 0) is 6.54 Å². The SMILES string of the molecule is CN(CC1Oc2ccccc2O1)C1CCN(CCn2cc(NC(=O)c3cnn4cccnc34)c(-c3cc(Cl)ccc3OC(F)F)n2)CC1. The number of aromatic nitrogens is 5. The van der Waals surface area contributed by atoms with E-state index in [1.54, 1.807) is 29.3 Å². The molecule has 12 nitrogen and oxygen atoms in total. The minimum atomic E-state index is -3.06. The van der Waals surface area contributed by atoms with Crippen LogP contribution in [-0.4, -0.2) is 92.3 Å². The Kier molecular flexibility index (Phi) is 9.11. The number of likely N-dealkylation sites (tertiary alicyclic amines) is 1. The topological polar surface area (TPSA) is 111 Å². The van der Waals surface area contributed by atoms with Gasteiger partial charge >= 0.3 is 6.61 Å². The molecule has 0 unspecified atom stereocenters. The van der Waals surface area contributed by atoms with Crippen molar-refractivity contribution in [3.63, 3.8) is 0 Å². The monoisotopic (exact) mass is 678 g/mol. The zero-order valence-electron chi connectivity index (χ0n) is 26.0. The second kappa shape index (κ2) is 13.7. The van der Waals surface area contributed by atoms with Crippen molar-refractivity contribution in [3.05, 3.63) is 83.9 Å². The van der Waals surface area contributed by atoms with Crippen LogP contribution in [0.2, 0.25) is 5.02 Å². The van der Waals surface area contributed by atoms with Gasteiger partial charge in [-0.15, -0.1) is 0 Å². The number of nitrogens with one attached hydrogen (secondary N) is 1. The van der Waals surface area contributed by atoms with E-state index in [-0.39, 0.29) is 28.9 Å². The first-order valence-corrected chi connectivity index (χ1v) is 16.0. The maximum atomic E-state index is 13.4. The van der Waals surface area contributed by atoms with Gasteiger partial charge in [-0.05, 0) is 69.4 Å². The van der Waals surface area contributed by atoms with E-state index in [2.05, 4.69) is 32.2 Å². The number of rotatable bonds is 11. The Morgan fingerprint density at radius 1 is 1.12 bits per heavy atom. The number of carbonyl (C=O) groups is 1. The van der Waals surface area contributed by atoms with Gasteiger partial charge < -0.3 is 24.4 Å². The molecule has 1 N–H and O–H groups in total. The number of hydrogen-bond donors (Lipinski definition) is 1. The lowest BCUT2D eigenvalue weighted by atomic mass is 10.0. The quantitative estimate of drug-likeness (QED) is 0.199. The molecule has 48 heavy (non-hydrogen) atoms. The predicted molar refractivity (Wildman–Crippen MR) is 174 cm³/mol. The number of alkyl halides is 2. The Bertz CT molecular complexity index is 1890. The van der Waals surface area contributed by atoms with Crippen molar-refractivity contribution in [1.29, 1.82) is 0 Å². The fourth-order valence-electron chi connectivity index (χ4n) is 6.13. The number of benzene rings is 2. The minimum Gasteiger partial charge on any atom is -0.450 e. The van der Waals surface area contributed by atoms with Crippen LogP contribution in [0, 0.1) is 0 Å². The summed E-state index contributed by atoms with van der Waals surface area (Å²) in [5.74, 6) is 0.953. The number of halogens is 3. The molecule has 2 aromatic carbocycles. The highest BCUT2D eigenvalue weighted by molar-refractivity contribution is 6.31. The lowest BCUT2D eigenvalue weighted by Crippen LogP contribution is -2.47. The predicted octanol–water partition coefficient (Wildman–Crippen LogP) is 5.29. The second-order valence-corrected chi connectivity index (χ2v) is 12.1. The van der Waals surface area contributed by atoms with Gasteiger partial charge in [-0.1, -0.05) is 23.7 Å². The third-order valence-corrected chi connectivity index (χ3v) is 8.81. The summed E-state index contributed by atoms with van der Waals surface area (Å²) in [5, 5.41) is 12.1. The van der Waals surface area contributed by atoms with Crippen molar-refractivity contribution in [2.24, 2.45) is 0 Å². The van der Waals surface area contributed by atoms with Crippen LogP contribution < -0.4 is 19.5 Å². The summed E-state index contributed by atoms with van der Waals surface area (Å²) < 4.78 is 46.5. The zero-order chi connectivity index (χ0) is 33.2. The molecule has 0 saturated carbocycles. The zero-order valence-corrected chi connectivity index (χ0v) is 26.8. The van der Waals surface area contributed by atoms with Gasteiger partial charge in [0.15, 0.2) is 17.1 Å². The first-order chi connectivity index (χ1) is 23.3. The Hall–Kier alpha value is -4.79. The minimum absolute atomic E-state index is 0.115. The molecular weight excluding hydrogens is 646 g/mol. The third-order valence-electron chi connectivity index (χ3n) is 8.58. The second-order valence-electron chi connectivity index (χ2n) is 11.7. The van der Waals surface area contributed by atoms with Crippen molar-refractivity contribution in [3.8, 4) is 28.5 Å². The van der Waals surface area contributed by atoms with Crippen LogP contribution in [0.3, 0.4) is 0 Å². The van der Waals surface area contributed by atoms with Gasteiger partial charge in [-0.3, -0.25) is 14.4 Å². The Labute approximate surface area is 279 Å². The molecule has 250 valence electrons. The van der Waals surface area contributed by atoms with Crippen molar-refractivity contribution in [2.75, 3.05) is 38.5 Å². The first kappa shape index (κ1) is 31.8. The summed E-state index contributed by atoms with van der Waals surface area (Å²) >= 11 is 6.27. The highest BCUT2D eigenvalue weighted by Gasteiger charge is 2.29. The summed E-state index contributed by atoms with van der Waals surface area (Å²) in [6.45, 7) is 0.573. The number of amides is 1. The maximum absolute atomic E-state index is 13.4. The average molecular weight is 679 g/mol. The summed E-state index contributed by atoms with van der Waals surface area (Å²) in [6, 6.07) is 14.1. The number of likely N-dealkylation sites (N-methyl/N-ethyl adjacent to an activating group) is 1. The van der Waals surface area contributed by atoms with Crippen LogP contribution in [0.4, 0.5) is 14.5 Å². The fourth-order valence-corrected chi connectivity index (χ4v) is 6.30. The van der Waals surface area contributed by atoms with Gasteiger partial charge in [0.05, 0.1) is 25.0 Å². The molecule has 5 aromatic rings. The van der Waals surface area contributed by atoms with E-state index >= 15 is 0 Å². The van der Waals surface area contributed by atoms with Crippen molar-refractivity contribution < 1.29 is 27.8 Å². The van der Waals surface area contributed by atoms with Crippen LogP contribution in [0.25, 0.3) is 16.9 Å². The van der Waals surface area contributed by atoms with E-state index in [0.717, 1.165) is 37.4 Å². The lowest BCUT2D eigenvalue weighted by Gasteiger charge is -2.37. The van der Waals surface area contributed by atoms with Crippen molar-refractivity contribution in [1.82, 2.24) is 34.2 Å². The van der Waals surface area contributed by atoms with Gasteiger partial charge in [0.25, 0.3) is 12.2 Å². The van der Waals surface area contributed by atoms with Crippen molar-refractivity contribution >= 4 is 28.8 Å². The molecule has 2 aliphatic rings. The Morgan fingerprint density at radius 2 is 1.90 bits per heavy atom. The molecular formula is C33H33ClF2N8O4. The number of ether oxygens (including phenoxy) is 3. The molecule has 0 radical (unpaired) electrons. The Balaban J connectivity index is 1.03. The summed E-state index contributed by atoms with van der Waals surface area (Å²) in [4.78, 5) is 22.3. The van der Waals surface area contributed by atoms with Crippen molar-refractivity contribution in [2.45, 2.75) is 38.3 Å². The number of carbonyl (C=O) groups excluding carboxylic acids is 1. The maximum Gasteiger partial charge on any atom is 0.387 e. The molecule has 0 aliphatic carbocycles. The molecule has 0 bridgehead atoms. The van der Waals surface area contributed by atoms with Crippen LogP contribution >= 0.6 is 11.6 Å². The van der Waals surface area contributed by atoms with Gasteiger partial charge in [0.1, 0.15) is 17.0 Å². The molecule has 2 aliphatic heterocycles. The van der Waals surface area contributed by atoms with Crippen LogP contribution in [0.15, 0.2) is 73.3 Å². The van der Waals surface area contributed by atoms with Gasteiger partial charge in [0.2, 0.25) is 0 Å². The van der Waals surface area contributed by atoms with Gasteiger partial charge in [-0.25, -0.2) is 9.50 Å². The van der Waals surface area contributed by atoms with Crippen LogP contribution in [0.5, 0.6) is 17.2 Å². The summed E-state index contributed by atoms with van der Waals surface area (Å²) in [5.41, 5.74) is 1.38. The van der Waals surface area contributed by atoms with E-state index < -0.39 is 12.5 Å². The number of anilines is 1. The van der Waals surface area contributed by atoms with E-state index in [1.165, 1.54) is 28.9 Å². The number of nitrogens with zero attached hydrogens (tertiary/aromatic N) is 7. The fraction of sp³-hybridized carbons (Fsp3) is 0.333. The standard InChI is InChI=1S/C33H33ClF2N8O4/c1-41(20-29-46-27-5-2-3-6-28(27)47-29)22-9-13-42(14-10-22)15-16-43-19-25(39-32(45)24-18-38-44-12-4-11-37-31(24)44)30(40-43)23-17-21(34)7-8-26(23)48-33(35)36/h2-8,11-12,17-19,22,29,33H,9-10,13-16,20H2,1H3,(H,39,45). The number of para-hydroxylation sites is 2. The average Bonchev–Trinajstić information content (AvgIpc) is 3.81. The number of hydrogen-bond acceptors (Lipinski definition) is 9. The normalized spacial score (nSPS) is 15.5. The molecule has 0 spiro atoms. The lowest BCUT2D eigenvalue weighted by molar-refractivity contribution is -0.0494. The Morgan fingerprint density at radius 3 is 2.65 bits per heavy atom. The molecule has 1 saturated heterocycles. The van der Waals surface area contributed by atoms with E-state index in [4.69, 9.17) is 30.9 Å². The smallest absolute Gasteiger partial charge is 0.387 e. The molecule has 0 atom stereocenters. The van der Waals surface area contributed by atoms with Crippen LogP contribution in [0.1, 0.15) is 23.2 Å². The highest BCUT2D eigenvalue weighted by atomic mass is 35.5. The molecule has 7 rings (SSSR count). The molecule has 1 amide bonds. The first-order valence-electron chi connectivity index (χ1n) is 15.6. The summed E-state index contributed by atoms with van der Waals surface area (Å²) in [7, 11) is 2.10. The van der Waals surface area contributed by atoms with E-state index in [9.17, 15) is 13.6 Å².